The van der Waals surface area contributed by atoms with E-state index in [-0.39, 0.29) is 28.3 Å². The Kier molecular flexibility index (Phi) is 6.97. The number of sulfonamides is 1. The van der Waals surface area contributed by atoms with Crippen LogP contribution < -0.4 is 14.4 Å². The van der Waals surface area contributed by atoms with Crippen LogP contribution in [0.25, 0.3) is 0 Å². The predicted octanol–water partition coefficient (Wildman–Crippen LogP) is 3.79. The Morgan fingerprint density at radius 1 is 1.13 bits per heavy atom. The van der Waals surface area contributed by atoms with Crippen LogP contribution in [0.1, 0.15) is 37.7 Å². The molecule has 1 aliphatic rings. The van der Waals surface area contributed by atoms with E-state index in [1.54, 1.807) is 19.1 Å². The Bertz CT molecular complexity index is 987. The number of rotatable bonds is 7. The molecule has 0 spiro atoms. The first-order valence-corrected chi connectivity index (χ1v) is 11.5. The van der Waals surface area contributed by atoms with Gasteiger partial charge < -0.3 is 10.1 Å². The Labute approximate surface area is 177 Å². The van der Waals surface area contributed by atoms with Gasteiger partial charge in [0.2, 0.25) is 5.91 Å². The molecular formula is C22H27FN2O4S. The van der Waals surface area contributed by atoms with Gasteiger partial charge in [0.1, 0.15) is 23.0 Å². The number of carbonyl (C=O) groups excluding carboxylic acids is 1. The quantitative estimate of drug-likeness (QED) is 0.720. The third-order valence-electron chi connectivity index (χ3n) is 5.26. The van der Waals surface area contributed by atoms with Crippen molar-refractivity contribution in [1.82, 2.24) is 5.32 Å². The summed E-state index contributed by atoms with van der Waals surface area (Å²) in [4.78, 5) is 12.7. The van der Waals surface area contributed by atoms with Crippen LogP contribution in [-0.4, -0.2) is 34.0 Å². The fourth-order valence-electron chi connectivity index (χ4n) is 3.68. The zero-order valence-electron chi connectivity index (χ0n) is 17.2. The number of methoxy groups -OCH3 is 1. The second kappa shape index (κ2) is 9.47. The van der Waals surface area contributed by atoms with Gasteiger partial charge in [0, 0.05) is 6.04 Å². The van der Waals surface area contributed by atoms with Crippen LogP contribution in [0.3, 0.4) is 0 Å². The number of aryl methyl sites for hydroxylation is 1. The van der Waals surface area contributed by atoms with Gasteiger partial charge in [-0.25, -0.2) is 12.8 Å². The fraction of sp³-hybridized carbons (Fsp3) is 0.409. The molecule has 162 valence electrons. The molecule has 1 fully saturated rings. The molecule has 0 radical (unpaired) electrons. The number of ether oxygens (including phenoxy) is 1. The predicted molar refractivity (Wildman–Crippen MR) is 114 cm³/mol. The maximum atomic E-state index is 13.5. The maximum absolute atomic E-state index is 13.5. The average molecular weight is 435 g/mol. The van der Waals surface area contributed by atoms with Gasteiger partial charge in [-0.05, 0) is 61.7 Å². The van der Waals surface area contributed by atoms with E-state index >= 15 is 0 Å². The molecule has 30 heavy (non-hydrogen) atoms. The van der Waals surface area contributed by atoms with Gasteiger partial charge in [0.05, 0.1) is 12.8 Å². The van der Waals surface area contributed by atoms with Crippen molar-refractivity contribution in [3.05, 3.63) is 53.8 Å². The van der Waals surface area contributed by atoms with Gasteiger partial charge in [-0.3, -0.25) is 9.10 Å². The third-order valence-corrected chi connectivity index (χ3v) is 7.05. The van der Waals surface area contributed by atoms with Gasteiger partial charge in [-0.2, -0.15) is 0 Å². The molecule has 0 aromatic heterocycles. The lowest BCUT2D eigenvalue weighted by atomic mass is 9.95. The Morgan fingerprint density at radius 2 is 1.80 bits per heavy atom. The molecule has 6 nitrogen and oxygen atoms in total. The standard InChI is InChI=1S/C22H27FN2O4S/c1-16-8-13-20(29-2)21(14-16)30(27,28)25(19-11-9-17(23)10-12-19)15-22(26)24-18-6-4-3-5-7-18/h8-14,18H,3-7,15H2,1-2H3,(H,24,26). The smallest absolute Gasteiger partial charge is 0.268 e. The second-order valence-corrected chi connectivity index (χ2v) is 9.38. The van der Waals surface area contributed by atoms with E-state index in [1.807, 2.05) is 0 Å². The number of nitrogens with zero attached hydrogens (tertiary/aromatic N) is 1. The van der Waals surface area contributed by atoms with E-state index in [0.717, 1.165) is 42.0 Å². The molecule has 0 heterocycles. The lowest BCUT2D eigenvalue weighted by molar-refractivity contribution is -0.120. The highest BCUT2D eigenvalue weighted by Gasteiger charge is 2.31. The minimum Gasteiger partial charge on any atom is -0.495 e. The number of hydrogen-bond donors (Lipinski definition) is 1. The first-order chi connectivity index (χ1) is 14.3. The highest BCUT2D eigenvalue weighted by molar-refractivity contribution is 7.93. The summed E-state index contributed by atoms with van der Waals surface area (Å²) in [5, 5.41) is 2.94. The van der Waals surface area contributed by atoms with E-state index in [0.29, 0.717) is 0 Å². The highest BCUT2D eigenvalue weighted by Crippen LogP contribution is 2.31. The van der Waals surface area contributed by atoms with Gasteiger partial charge in [0.15, 0.2) is 0 Å². The zero-order valence-corrected chi connectivity index (χ0v) is 18.0. The number of hydrogen-bond acceptors (Lipinski definition) is 4. The van der Waals surface area contributed by atoms with E-state index < -0.39 is 22.4 Å². The Balaban J connectivity index is 1.95. The summed E-state index contributed by atoms with van der Waals surface area (Å²) >= 11 is 0. The van der Waals surface area contributed by atoms with Crippen molar-refractivity contribution >= 4 is 21.6 Å². The molecule has 1 amide bonds. The number of carbonyl (C=O) groups is 1. The van der Waals surface area contributed by atoms with Gasteiger partial charge in [-0.15, -0.1) is 0 Å². The van der Waals surface area contributed by atoms with Crippen LogP contribution in [0, 0.1) is 12.7 Å². The van der Waals surface area contributed by atoms with Crippen molar-refractivity contribution in [2.75, 3.05) is 18.0 Å². The Hall–Kier alpha value is -2.61. The molecule has 1 N–H and O–H groups in total. The SMILES string of the molecule is COc1ccc(C)cc1S(=O)(=O)N(CC(=O)NC1CCCCC1)c1ccc(F)cc1. The first kappa shape index (κ1) is 22.1. The molecule has 0 saturated heterocycles. The molecule has 2 aromatic rings. The minimum atomic E-state index is -4.14. The number of halogens is 1. The maximum Gasteiger partial charge on any atom is 0.268 e. The van der Waals surface area contributed by atoms with Crippen molar-refractivity contribution in [3.63, 3.8) is 0 Å². The lowest BCUT2D eigenvalue weighted by Gasteiger charge is -2.27. The molecule has 2 aromatic carbocycles. The van der Waals surface area contributed by atoms with E-state index in [4.69, 9.17) is 4.74 Å². The minimum absolute atomic E-state index is 0.0419. The topological polar surface area (TPSA) is 75.7 Å². The fourth-order valence-corrected chi connectivity index (χ4v) is 5.34. The number of amides is 1. The summed E-state index contributed by atoms with van der Waals surface area (Å²) < 4.78 is 46.8. The summed E-state index contributed by atoms with van der Waals surface area (Å²) in [7, 11) is -2.75. The highest BCUT2D eigenvalue weighted by atomic mass is 32.2. The number of nitrogens with one attached hydrogen (secondary N) is 1. The summed E-state index contributed by atoms with van der Waals surface area (Å²) in [5.41, 5.74) is 0.943. The molecule has 1 saturated carbocycles. The van der Waals surface area contributed by atoms with Crippen LogP contribution in [-0.2, 0) is 14.8 Å². The summed E-state index contributed by atoms with van der Waals surface area (Å²) in [6.07, 6.45) is 5.02. The van der Waals surface area contributed by atoms with Gasteiger partial charge in [0.25, 0.3) is 10.0 Å². The molecule has 0 aliphatic heterocycles. The van der Waals surface area contributed by atoms with Gasteiger partial charge in [-0.1, -0.05) is 25.3 Å². The van der Waals surface area contributed by atoms with Crippen LogP contribution in [0.5, 0.6) is 5.75 Å². The van der Waals surface area contributed by atoms with Crippen LogP contribution in [0.4, 0.5) is 10.1 Å². The summed E-state index contributed by atoms with van der Waals surface area (Å²) in [5.74, 6) is -0.697. The largest absolute Gasteiger partial charge is 0.495 e. The van der Waals surface area contributed by atoms with Crippen molar-refractivity contribution in [3.8, 4) is 5.75 Å². The zero-order chi connectivity index (χ0) is 21.7. The van der Waals surface area contributed by atoms with Crippen molar-refractivity contribution in [2.45, 2.75) is 50.0 Å². The summed E-state index contributed by atoms with van der Waals surface area (Å²) in [6, 6.07) is 9.92. The molecule has 8 heteroatoms. The molecule has 3 rings (SSSR count). The van der Waals surface area contributed by atoms with Gasteiger partial charge >= 0.3 is 0 Å². The molecule has 1 aliphatic carbocycles. The van der Waals surface area contributed by atoms with E-state index in [1.165, 1.54) is 37.4 Å². The molecule has 0 unspecified atom stereocenters. The third kappa shape index (κ3) is 5.11. The lowest BCUT2D eigenvalue weighted by Crippen LogP contribution is -2.45. The van der Waals surface area contributed by atoms with Crippen molar-refractivity contribution < 1.29 is 22.3 Å². The van der Waals surface area contributed by atoms with E-state index in [9.17, 15) is 17.6 Å². The van der Waals surface area contributed by atoms with Crippen LogP contribution in [0.15, 0.2) is 47.4 Å². The number of benzene rings is 2. The number of anilines is 1. The van der Waals surface area contributed by atoms with E-state index in [2.05, 4.69) is 5.32 Å². The molecule has 0 atom stereocenters. The first-order valence-electron chi connectivity index (χ1n) is 10.0. The van der Waals surface area contributed by atoms with Crippen molar-refractivity contribution in [2.24, 2.45) is 0 Å². The second-order valence-electron chi connectivity index (χ2n) is 7.54. The van der Waals surface area contributed by atoms with Crippen LogP contribution in [0.2, 0.25) is 0 Å². The average Bonchev–Trinajstić information content (AvgIpc) is 2.73. The molecule has 0 bridgehead atoms. The summed E-state index contributed by atoms with van der Waals surface area (Å²) in [6.45, 7) is 1.37. The monoisotopic (exact) mass is 434 g/mol. The Morgan fingerprint density at radius 3 is 2.43 bits per heavy atom. The van der Waals surface area contributed by atoms with Crippen LogP contribution >= 0.6 is 0 Å². The van der Waals surface area contributed by atoms with Crippen molar-refractivity contribution in [1.29, 1.82) is 0 Å². The normalized spacial score (nSPS) is 14.9. The molecular weight excluding hydrogens is 407 g/mol.